The SMILES string of the molecule is [CH2][C@H]1CC[C@@H](COCCCCCCCCCCCC)O1. The van der Waals surface area contributed by atoms with Crippen LogP contribution in [0.4, 0.5) is 0 Å². The van der Waals surface area contributed by atoms with Crippen LogP contribution in [0.5, 0.6) is 0 Å². The highest BCUT2D eigenvalue weighted by Crippen LogP contribution is 2.19. The Kier molecular flexibility index (Phi) is 11.4. The van der Waals surface area contributed by atoms with Crippen LogP contribution in [0.1, 0.15) is 84.0 Å². The molecule has 0 aromatic carbocycles. The van der Waals surface area contributed by atoms with E-state index in [1.54, 1.807) is 0 Å². The summed E-state index contributed by atoms with van der Waals surface area (Å²) in [4.78, 5) is 0. The van der Waals surface area contributed by atoms with Gasteiger partial charge in [0.25, 0.3) is 0 Å². The second kappa shape index (κ2) is 12.6. The summed E-state index contributed by atoms with van der Waals surface area (Å²) in [5, 5.41) is 0. The van der Waals surface area contributed by atoms with Crippen molar-refractivity contribution in [1.82, 2.24) is 0 Å². The van der Waals surface area contributed by atoms with Crippen molar-refractivity contribution in [3.8, 4) is 0 Å². The van der Waals surface area contributed by atoms with Gasteiger partial charge in [-0.2, -0.15) is 0 Å². The first-order valence-corrected chi connectivity index (χ1v) is 8.89. The lowest BCUT2D eigenvalue weighted by molar-refractivity contribution is -0.00292. The molecule has 2 atom stereocenters. The van der Waals surface area contributed by atoms with E-state index in [9.17, 15) is 0 Å². The van der Waals surface area contributed by atoms with Gasteiger partial charge < -0.3 is 9.47 Å². The van der Waals surface area contributed by atoms with Crippen molar-refractivity contribution in [2.75, 3.05) is 13.2 Å². The van der Waals surface area contributed by atoms with Gasteiger partial charge in [0.2, 0.25) is 0 Å². The van der Waals surface area contributed by atoms with Crippen molar-refractivity contribution in [3.05, 3.63) is 6.92 Å². The molecule has 0 spiro atoms. The van der Waals surface area contributed by atoms with Crippen LogP contribution in [-0.4, -0.2) is 25.4 Å². The molecule has 0 unspecified atom stereocenters. The Balaban J connectivity index is 1.70. The fraction of sp³-hybridized carbons (Fsp3) is 0.944. The van der Waals surface area contributed by atoms with E-state index in [1.807, 2.05) is 0 Å². The first-order chi connectivity index (χ1) is 9.83. The lowest BCUT2D eigenvalue weighted by atomic mass is 10.1. The summed E-state index contributed by atoms with van der Waals surface area (Å²) >= 11 is 0. The summed E-state index contributed by atoms with van der Waals surface area (Å²) < 4.78 is 11.3. The molecule has 119 valence electrons. The molecule has 20 heavy (non-hydrogen) atoms. The minimum absolute atomic E-state index is 0.195. The van der Waals surface area contributed by atoms with Gasteiger partial charge in [0.05, 0.1) is 18.8 Å². The Morgan fingerprint density at radius 2 is 1.50 bits per heavy atom. The largest absolute Gasteiger partial charge is 0.379 e. The molecule has 0 aromatic heterocycles. The molecular weight excluding hydrogens is 248 g/mol. The van der Waals surface area contributed by atoms with Gasteiger partial charge in [0.15, 0.2) is 0 Å². The van der Waals surface area contributed by atoms with E-state index in [0.717, 1.165) is 26.1 Å². The molecule has 1 radical (unpaired) electrons. The third-order valence-electron chi connectivity index (χ3n) is 4.14. The molecule has 2 heteroatoms. The highest BCUT2D eigenvalue weighted by Gasteiger charge is 2.21. The predicted molar refractivity (Wildman–Crippen MR) is 85.9 cm³/mol. The molecule has 1 aliphatic heterocycles. The summed E-state index contributed by atoms with van der Waals surface area (Å²) in [5.41, 5.74) is 0. The first-order valence-electron chi connectivity index (χ1n) is 8.89. The van der Waals surface area contributed by atoms with E-state index in [0.29, 0.717) is 6.10 Å². The Bertz CT molecular complexity index is 206. The average molecular weight is 283 g/mol. The Morgan fingerprint density at radius 3 is 2.05 bits per heavy atom. The van der Waals surface area contributed by atoms with Crippen molar-refractivity contribution in [2.45, 2.75) is 96.2 Å². The number of rotatable bonds is 13. The van der Waals surface area contributed by atoms with E-state index in [-0.39, 0.29) is 6.10 Å². The first kappa shape index (κ1) is 18.0. The second-order valence-electron chi connectivity index (χ2n) is 6.21. The standard InChI is InChI=1S/C18H35O2/c1-3-4-5-6-7-8-9-10-11-12-15-19-16-18-14-13-17(2)20-18/h17-18H,2-16H2,1H3/t17-,18-/m0/s1. The minimum atomic E-state index is 0.195. The summed E-state index contributed by atoms with van der Waals surface area (Å²) in [6, 6.07) is 0. The third kappa shape index (κ3) is 9.77. The monoisotopic (exact) mass is 283 g/mol. The lowest BCUT2D eigenvalue weighted by Gasteiger charge is -2.11. The van der Waals surface area contributed by atoms with Gasteiger partial charge in [0, 0.05) is 6.61 Å². The molecule has 0 saturated carbocycles. The summed E-state index contributed by atoms with van der Waals surface area (Å²) in [5.74, 6) is 0. The van der Waals surface area contributed by atoms with Crippen LogP contribution >= 0.6 is 0 Å². The summed E-state index contributed by atoms with van der Waals surface area (Å²) in [6.07, 6.45) is 16.5. The molecule has 0 aliphatic carbocycles. The zero-order chi connectivity index (χ0) is 14.5. The topological polar surface area (TPSA) is 18.5 Å². The maximum atomic E-state index is 5.69. The quantitative estimate of drug-likeness (QED) is 0.427. The molecule has 0 N–H and O–H groups in total. The molecule has 1 fully saturated rings. The van der Waals surface area contributed by atoms with Crippen LogP contribution in [0.2, 0.25) is 0 Å². The molecule has 0 amide bonds. The van der Waals surface area contributed by atoms with Gasteiger partial charge in [-0.1, -0.05) is 64.7 Å². The van der Waals surface area contributed by atoms with Crippen molar-refractivity contribution in [2.24, 2.45) is 0 Å². The van der Waals surface area contributed by atoms with Crippen molar-refractivity contribution in [3.63, 3.8) is 0 Å². The fourth-order valence-electron chi connectivity index (χ4n) is 2.81. The van der Waals surface area contributed by atoms with Gasteiger partial charge in [-0.25, -0.2) is 0 Å². The van der Waals surface area contributed by atoms with E-state index in [1.165, 1.54) is 64.2 Å². The number of unbranched alkanes of at least 4 members (excludes halogenated alkanes) is 9. The molecule has 0 aromatic rings. The fourth-order valence-corrected chi connectivity index (χ4v) is 2.81. The zero-order valence-corrected chi connectivity index (χ0v) is 13.6. The summed E-state index contributed by atoms with van der Waals surface area (Å²) in [6.45, 7) is 7.86. The Hall–Kier alpha value is -0.0800. The van der Waals surface area contributed by atoms with Crippen LogP contribution in [-0.2, 0) is 9.47 Å². The highest BCUT2D eigenvalue weighted by molar-refractivity contribution is 4.74. The van der Waals surface area contributed by atoms with Gasteiger partial charge >= 0.3 is 0 Å². The van der Waals surface area contributed by atoms with E-state index in [4.69, 9.17) is 9.47 Å². The minimum Gasteiger partial charge on any atom is -0.379 e. The third-order valence-corrected chi connectivity index (χ3v) is 4.14. The molecule has 0 bridgehead atoms. The van der Waals surface area contributed by atoms with E-state index >= 15 is 0 Å². The highest BCUT2D eigenvalue weighted by atomic mass is 16.5. The molecule has 1 heterocycles. The van der Waals surface area contributed by atoms with Crippen LogP contribution < -0.4 is 0 Å². The van der Waals surface area contributed by atoms with Crippen LogP contribution in [0, 0.1) is 6.92 Å². The van der Waals surface area contributed by atoms with Gasteiger partial charge in [-0.05, 0) is 26.2 Å². The molecule has 1 rings (SSSR count). The lowest BCUT2D eigenvalue weighted by Crippen LogP contribution is -2.16. The molecule has 1 aliphatic rings. The number of ether oxygens (including phenoxy) is 2. The normalized spacial score (nSPS) is 22.5. The number of hydrogen-bond acceptors (Lipinski definition) is 2. The van der Waals surface area contributed by atoms with E-state index in [2.05, 4.69) is 13.8 Å². The Morgan fingerprint density at radius 1 is 0.900 bits per heavy atom. The van der Waals surface area contributed by atoms with Crippen LogP contribution in [0.3, 0.4) is 0 Å². The van der Waals surface area contributed by atoms with Crippen molar-refractivity contribution >= 4 is 0 Å². The molecule has 2 nitrogen and oxygen atoms in total. The van der Waals surface area contributed by atoms with Gasteiger partial charge in [-0.3, -0.25) is 0 Å². The van der Waals surface area contributed by atoms with E-state index < -0.39 is 0 Å². The van der Waals surface area contributed by atoms with Gasteiger partial charge in [-0.15, -0.1) is 0 Å². The zero-order valence-electron chi connectivity index (χ0n) is 13.6. The average Bonchev–Trinajstić information content (AvgIpc) is 2.86. The molecular formula is C18H35O2. The molecule has 1 saturated heterocycles. The predicted octanol–water partition coefficient (Wildman–Crippen LogP) is 5.31. The Labute approximate surface area is 126 Å². The summed E-state index contributed by atoms with van der Waals surface area (Å²) in [7, 11) is 0. The maximum absolute atomic E-state index is 5.69. The maximum Gasteiger partial charge on any atom is 0.0813 e. The van der Waals surface area contributed by atoms with Crippen molar-refractivity contribution in [1.29, 1.82) is 0 Å². The van der Waals surface area contributed by atoms with Crippen LogP contribution in [0.25, 0.3) is 0 Å². The number of hydrogen-bond donors (Lipinski definition) is 0. The smallest absolute Gasteiger partial charge is 0.0813 e. The second-order valence-corrected chi connectivity index (χ2v) is 6.21. The van der Waals surface area contributed by atoms with Crippen LogP contribution in [0.15, 0.2) is 0 Å². The van der Waals surface area contributed by atoms with Gasteiger partial charge in [0.1, 0.15) is 0 Å². The van der Waals surface area contributed by atoms with Crippen molar-refractivity contribution < 1.29 is 9.47 Å².